The number of nitro groups is 1. The van der Waals surface area contributed by atoms with E-state index < -0.39 is 22.5 Å². The van der Waals surface area contributed by atoms with Gasteiger partial charge in [0.2, 0.25) is 5.91 Å². The molecule has 7 heteroatoms. The van der Waals surface area contributed by atoms with Crippen molar-refractivity contribution in [1.82, 2.24) is 0 Å². The van der Waals surface area contributed by atoms with Gasteiger partial charge in [-0.05, 0) is 23.8 Å². The van der Waals surface area contributed by atoms with E-state index in [1.165, 1.54) is 24.3 Å². The van der Waals surface area contributed by atoms with E-state index in [1.807, 2.05) is 0 Å². The molecule has 1 amide bonds. The number of nitro benzene ring substituents is 1. The average molecular weight is 304 g/mol. The lowest BCUT2D eigenvalue weighted by molar-refractivity contribution is -0.384. The molecule has 2 rings (SSSR count). The molecule has 5 nitrogen and oxygen atoms in total. The van der Waals surface area contributed by atoms with Gasteiger partial charge in [-0.3, -0.25) is 14.9 Å². The number of carbonyl (C=O) groups is 1. The number of nitrogens with one attached hydrogen (secondary N) is 1. The molecule has 0 unspecified atom stereocenters. The Morgan fingerprint density at radius 2 is 1.82 bits per heavy atom. The van der Waals surface area contributed by atoms with Gasteiger partial charge >= 0.3 is 0 Å². The number of rotatable bonds is 4. The fraction of sp³-hybridized carbons (Fsp3) is 0. The molecule has 1 N–H and O–H groups in total. The summed E-state index contributed by atoms with van der Waals surface area (Å²) in [5.41, 5.74) is 0.329. The highest BCUT2D eigenvalue weighted by Gasteiger charge is 2.05. The van der Waals surface area contributed by atoms with Crippen LogP contribution >= 0.6 is 0 Å². The molecule has 0 saturated carbocycles. The molecular weight excluding hydrogens is 294 g/mol. The summed E-state index contributed by atoms with van der Waals surface area (Å²) in [6.45, 7) is 0. The fourth-order valence-corrected chi connectivity index (χ4v) is 1.72. The number of non-ortho nitro benzene ring substituents is 1. The number of nitrogens with zero attached hydrogens (tertiary/aromatic N) is 1. The van der Waals surface area contributed by atoms with Crippen LogP contribution in [0.1, 0.15) is 5.56 Å². The van der Waals surface area contributed by atoms with Gasteiger partial charge in [0.1, 0.15) is 11.6 Å². The zero-order valence-corrected chi connectivity index (χ0v) is 11.1. The minimum absolute atomic E-state index is 0.0220. The molecule has 2 aromatic rings. The van der Waals surface area contributed by atoms with Crippen molar-refractivity contribution < 1.29 is 18.5 Å². The predicted octanol–water partition coefficient (Wildman–Crippen LogP) is 3.52. The van der Waals surface area contributed by atoms with Gasteiger partial charge in [-0.25, -0.2) is 8.78 Å². The van der Waals surface area contributed by atoms with E-state index in [2.05, 4.69) is 5.32 Å². The Bertz CT molecular complexity index is 740. The molecule has 0 aliphatic carbocycles. The lowest BCUT2D eigenvalue weighted by Gasteiger charge is -2.02. The Morgan fingerprint density at radius 3 is 2.45 bits per heavy atom. The summed E-state index contributed by atoms with van der Waals surface area (Å²) in [4.78, 5) is 21.7. The molecule has 0 aliphatic heterocycles. The maximum absolute atomic E-state index is 13.0. The number of anilines is 1. The molecule has 0 saturated heterocycles. The van der Waals surface area contributed by atoms with Crippen molar-refractivity contribution in [3.8, 4) is 0 Å². The minimum atomic E-state index is -0.807. The van der Waals surface area contributed by atoms with Gasteiger partial charge in [-0.1, -0.05) is 12.1 Å². The molecule has 2 aromatic carbocycles. The Kier molecular flexibility index (Phi) is 4.57. The molecule has 0 radical (unpaired) electrons. The van der Waals surface area contributed by atoms with Gasteiger partial charge < -0.3 is 5.32 Å². The van der Waals surface area contributed by atoms with Gasteiger partial charge in [0.15, 0.2) is 0 Å². The van der Waals surface area contributed by atoms with Crippen molar-refractivity contribution in [3.05, 3.63) is 75.9 Å². The van der Waals surface area contributed by atoms with E-state index in [9.17, 15) is 23.7 Å². The molecule has 0 aliphatic rings. The van der Waals surface area contributed by atoms with Crippen LogP contribution in [0.4, 0.5) is 20.2 Å². The first-order chi connectivity index (χ1) is 10.4. The zero-order valence-electron chi connectivity index (χ0n) is 11.1. The van der Waals surface area contributed by atoms with Crippen molar-refractivity contribution in [2.75, 3.05) is 5.32 Å². The standard InChI is InChI=1S/C15H10F2N2O3/c16-11-7-12(17)9-13(8-11)18-15(20)5-4-10-2-1-3-14(6-10)19(21)22/h1-9H,(H,18,20)/b5-4+. The van der Waals surface area contributed by atoms with Gasteiger partial charge in [0, 0.05) is 30.0 Å². The number of hydrogen-bond acceptors (Lipinski definition) is 3. The van der Waals surface area contributed by atoms with Gasteiger partial charge in [0.05, 0.1) is 4.92 Å². The second-order valence-corrected chi connectivity index (χ2v) is 4.33. The van der Waals surface area contributed by atoms with Crippen molar-refractivity contribution in [3.63, 3.8) is 0 Å². The van der Waals surface area contributed by atoms with Crippen LogP contribution in [-0.2, 0) is 4.79 Å². The first-order valence-corrected chi connectivity index (χ1v) is 6.13. The predicted molar refractivity (Wildman–Crippen MR) is 77.1 cm³/mol. The van der Waals surface area contributed by atoms with Crippen LogP contribution in [0.2, 0.25) is 0 Å². The minimum Gasteiger partial charge on any atom is -0.322 e. The maximum atomic E-state index is 13.0. The smallest absolute Gasteiger partial charge is 0.270 e. The molecule has 0 bridgehead atoms. The first-order valence-electron chi connectivity index (χ1n) is 6.13. The number of hydrogen-bond donors (Lipinski definition) is 1. The molecule has 0 fully saturated rings. The molecule has 112 valence electrons. The molecule has 0 heterocycles. The summed E-state index contributed by atoms with van der Waals surface area (Å²) in [7, 11) is 0. The lowest BCUT2D eigenvalue weighted by atomic mass is 10.2. The molecular formula is C15H10F2N2O3. The van der Waals surface area contributed by atoms with Crippen LogP contribution in [0.5, 0.6) is 0 Å². The maximum Gasteiger partial charge on any atom is 0.270 e. The second kappa shape index (κ2) is 6.57. The van der Waals surface area contributed by atoms with Gasteiger partial charge in [-0.2, -0.15) is 0 Å². The van der Waals surface area contributed by atoms with Crippen molar-refractivity contribution >= 4 is 23.4 Å². The van der Waals surface area contributed by atoms with E-state index in [0.717, 1.165) is 18.2 Å². The number of halogens is 2. The van der Waals surface area contributed by atoms with Crippen LogP contribution in [0, 0.1) is 21.7 Å². The Morgan fingerprint density at radius 1 is 1.14 bits per heavy atom. The van der Waals surface area contributed by atoms with Gasteiger partial charge in [0.25, 0.3) is 5.69 Å². The third kappa shape index (κ3) is 4.20. The molecule has 0 atom stereocenters. The topological polar surface area (TPSA) is 72.2 Å². The molecule has 22 heavy (non-hydrogen) atoms. The van der Waals surface area contributed by atoms with Crippen LogP contribution in [0.3, 0.4) is 0 Å². The summed E-state index contributed by atoms with van der Waals surface area (Å²) in [6, 6.07) is 8.33. The largest absolute Gasteiger partial charge is 0.322 e. The van der Waals surface area contributed by atoms with E-state index >= 15 is 0 Å². The van der Waals surface area contributed by atoms with E-state index in [4.69, 9.17) is 0 Å². The van der Waals surface area contributed by atoms with E-state index in [1.54, 1.807) is 6.07 Å². The summed E-state index contributed by atoms with van der Waals surface area (Å²) in [6.07, 6.45) is 2.47. The summed E-state index contributed by atoms with van der Waals surface area (Å²) >= 11 is 0. The van der Waals surface area contributed by atoms with Crippen LogP contribution in [0.25, 0.3) is 6.08 Å². The normalized spacial score (nSPS) is 10.6. The highest BCUT2D eigenvalue weighted by Crippen LogP contribution is 2.15. The first kappa shape index (κ1) is 15.3. The Labute approximate surface area is 124 Å². The molecule has 0 aromatic heterocycles. The highest BCUT2D eigenvalue weighted by molar-refractivity contribution is 6.01. The SMILES string of the molecule is O=C(/C=C/c1cccc([N+](=O)[O-])c1)Nc1cc(F)cc(F)c1. The van der Waals surface area contributed by atoms with Crippen molar-refractivity contribution in [1.29, 1.82) is 0 Å². The highest BCUT2D eigenvalue weighted by atomic mass is 19.1. The summed E-state index contributed by atoms with van der Waals surface area (Å²) in [5.74, 6) is -2.23. The average Bonchev–Trinajstić information content (AvgIpc) is 2.44. The summed E-state index contributed by atoms with van der Waals surface area (Å²) in [5, 5.41) is 12.9. The number of amides is 1. The zero-order chi connectivity index (χ0) is 16.1. The second-order valence-electron chi connectivity index (χ2n) is 4.33. The van der Waals surface area contributed by atoms with Gasteiger partial charge in [-0.15, -0.1) is 0 Å². The number of carbonyl (C=O) groups excluding carboxylic acids is 1. The lowest BCUT2D eigenvalue weighted by Crippen LogP contribution is -2.08. The Hall–Kier alpha value is -3.09. The van der Waals surface area contributed by atoms with Crippen LogP contribution in [0.15, 0.2) is 48.5 Å². The van der Waals surface area contributed by atoms with Crippen molar-refractivity contribution in [2.45, 2.75) is 0 Å². The quantitative estimate of drug-likeness (QED) is 0.533. The van der Waals surface area contributed by atoms with Crippen LogP contribution < -0.4 is 5.32 Å². The summed E-state index contributed by atoms with van der Waals surface area (Å²) < 4.78 is 26.0. The third-order valence-corrected chi connectivity index (χ3v) is 2.64. The van der Waals surface area contributed by atoms with Crippen LogP contribution in [-0.4, -0.2) is 10.8 Å². The monoisotopic (exact) mass is 304 g/mol. The van der Waals surface area contributed by atoms with E-state index in [0.29, 0.717) is 11.6 Å². The third-order valence-electron chi connectivity index (χ3n) is 2.64. The van der Waals surface area contributed by atoms with E-state index in [-0.39, 0.29) is 11.4 Å². The fourth-order valence-electron chi connectivity index (χ4n) is 1.72. The molecule has 0 spiro atoms. The Balaban J connectivity index is 2.08. The number of benzene rings is 2. The van der Waals surface area contributed by atoms with Crippen molar-refractivity contribution in [2.24, 2.45) is 0 Å².